The second-order valence-electron chi connectivity index (χ2n) is 4.29. The first-order valence-corrected chi connectivity index (χ1v) is 6.28. The van der Waals surface area contributed by atoms with Gasteiger partial charge in [-0.2, -0.15) is 13.2 Å². The van der Waals surface area contributed by atoms with Crippen LogP contribution in [0.2, 0.25) is 0 Å². The predicted octanol–water partition coefficient (Wildman–Crippen LogP) is 3.51. The Balaban J connectivity index is 3.75. The molecular weight excluding hydrogens is 231 g/mol. The van der Waals surface area contributed by atoms with Crippen molar-refractivity contribution in [3.63, 3.8) is 0 Å². The molecule has 1 N–H and O–H groups in total. The van der Waals surface area contributed by atoms with Gasteiger partial charge >= 0.3 is 6.18 Å². The van der Waals surface area contributed by atoms with Crippen molar-refractivity contribution in [2.45, 2.75) is 57.7 Å². The van der Waals surface area contributed by atoms with Crippen molar-refractivity contribution in [2.24, 2.45) is 0 Å². The van der Waals surface area contributed by atoms with Gasteiger partial charge in [0.05, 0.1) is 0 Å². The van der Waals surface area contributed by atoms with Crippen molar-refractivity contribution in [3.8, 4) is 0 Å². The molecule has 0 amide bonds. The average molecular weight is 255 g/mol. The number of alkyl halides is 3. The van der Waals surface area contributed by atoms with E-state index in [9.17, 15) is 13.2 Å². The minimum atomic E-state index is -4.03. The zero-order valence-electron chi connectivity index (χ0n) is 10.8. The van der Waals surface area contributed by atoms with Crippen LogP contribution in [0, 0.1) is 0 Å². The Bertz CT molecular complexity index is 174. The van der Waals surface area contributed by atoms with E-state index in [1.165, 1.54) is 0 Å². The Morgan fingerprint density at radius 1 is 1.18 bits per heavy atom. The zero-order valence-corrected chi connectivity index (χ0v) is 10.8. The molecule has 0 saturated carbocycles. The zero-order chi connectivity index (χ0) is 13.1. The number of ether oxygens (including phenoxy) is 1. The Morgan fingerprint density at radius 3 is 2.35 bits per heavy atom. The second-order valence-corrected chi connectivity index (χ2v) is 4.29. The molecule has 0 fully saturated rings. The molecule has 5 heteroatoms. The topological polar surface area (TPSA) is 21.3 Å². The molecule has 0 saturated heterocycles. The summed E-state index contributed by atoms with van der Waals surface area (Å²) in [4.78, 5) is 0. The molecule has 0 heterocycles. The van der Waals surface area contributed by atoms with Gasteiger partial charge in [0.1, 0.15) is 0 Å². The van der Waals surface area contributed by atoms with Crippen molar-refractivity contribution in [2.75, 3.05) is 20.3 Å². The summed E-state index contributed by atoms with van der Waals surface area (Å²) in [6, 6.07) is 0.187. The van der Waals surface area contributed by atoms with E-state index in [2.05, 4.69) is 12.2 Å². The fourth-order valence-electron chi connectivity index (χ4n) is 1.72. The van der Waals surface area contributed by atoms with Crippen molar-refractivity contribution in [1.82, 2.24) is 5.32 Å². The lowest BCUT2D eigenvalue weighted by Gasteiger charge is -2.18. The third-order valence-electron chi connectivity index (χ3n) is 2.60. The molecule has 0 bridgehead atoms. The van der Waals surface area contributed by atoms with E-state index in [4.69, 9.17) is 4.74 Å². The number of hydrogen-bond donors (Lipinski definition) is 1. The van der Waals surface area contributed by atoms with Gasteiger partial charge in [-0.1, -0.05) is 6.92 Å². The lowest BCUT2D eigenvalue weighted by molar-refractivity contribution is -0.135. The fraction of sp³-hybridized carbons (Fsp3) is 1.00. The van der Waals surface area contributed by atoms with Crippen molar-refractivity contribution in [1.29, 1.82) is 0 Å². The third-order valence-corrected chi connectivity index (χ3v) is 2.60. The second kappa shape index (κ2) is 9.71. The number of nitrogens with one attached hydrogen (secondary N) is 1. The highest BCUT2D eigenvalue weighted by atomic mass is 19.4. The summed E-state index contributed by atoms with van der Waals surface area (Å²) >= 11 is 0. The van der Waals surface area contributed by atoms with Crippen LogP contribution in [0.15, 0.2) is 0 Å². The van der Waals surface area contributed by atoms with Crippen LogP contribution in [0.4, 0.5) is 13.2 Å². The van der Waals surface area contributed by atoms with Crippen LogP contribution >= 0.6 is 0 Å². The van der Waals surface area contributed by atoms with Crippen LogP contribution in [0.1, 0.15) is 45.4 Å². The van der Waals surface area contributed by atoms with Gasteiger partial charge in [0, 0.05) is 26.2 Å². The maximum absolute atomic E-state index is 12.0. The summed E-state index contributed by atoms with van der Waals surface area (Å²) in [5.74, 6) is 0. The average Bonchev–Trinajstić information content (AvgIpc) is 2.23. The van der Waals surface area contributed by atoms with Crippen molar-refractivity contribution < 1.29 is 17.9 Å². The van der Waals surface area contributed by atoms with Gasteiger partial charge in [-0.05, 0) is 38.6 Å². The SMILES string of the molecule is CCCNC(CCCOC)CCCC(F)(F)F. The van der Waals surface area contributed by atoms with Crippen LogP contribution in [0.5, 0.6) is 0 Å². The summed E-state index contributed by atoms with van der Waals surface area (Å²) < 4.78 is 41.0. The number of hydrogen-bond acceptors (Lipinski definition) is 2. The highest BCUT2D eigenvalue weighted by molar-refractivity contribution is 4.67. The van der Waals surface area contributed by atoms with Crippen LogP contribution in [-0.2, 0) is 4.74 Å². The monoisotopic (exact) mass is 255 g/mol. The van der Waals surface area contributed by atoms with Gasteiger partial charge in [0.2, 0.25) is 0 Å². The molecule has 0 aromatic heterocycles. The predicted molar refractivity (Wildman–Crippen MR) is 63.1 cm³/mol. The van der Waals surface area contributed by atoms with Gasteiger partial charge in [0.25, 0.3) is 0 Å². The maximum Gasteiger partial charge on any atom is 0.389 e. The number of rotatable bonds is 10. The highest BCUT2D eigenvalue weighted by Gasteiger charge is 2.26. The molecule has 0 aliphatic carbocycles. The van der Waals surface area contributed by atoms with E-state index in [1.807, 2.05) is 0 Å². The van der Waals surface area contributed by atoms with Gasteiger partial charge in [0.15, 0.2) is 0 Å². The van der Waals surface area contributed by atoms with Crippen LogP contribution < -0.4 is 5.32 Å². The molecule has 0 rings (SSSR count). The fourth-order valence-corrected chi connectivity index (χ4v) is 1.72. The standard InChI is InChI=1S/C12H24F3NO/c1-3-9-16-11(7-5-10-17-2)6-4-8-12(13,14)15/h11,16H,3-10H2,1-2H3. The van der Waals surface area contributed by atoms with Crippen LogP contribution in [0.3, 0.4) is 0 Å². The summed E-state index contributed by atoms with van der Waals surface area (Å²) in [6.45, 7) is 3.59. The molecule has 0 aliphatic heterocycles. The van der Waals surface area contributed by atoms with Gasteiger partial charge in [-0.15, -0.1) is 0 Å². The molecular formula is C12H24F3NO. The van der Waals surface area contributed by atoms with E-state index in [0.717, 1.165) is 25.8 Å². The summed E-state index contributed by atoms with van der Waals surface area (Å²) in [5.41, 5.74) is 0. The smallest absolute Gasteiger partial charge is 0.385 e. The van der Waals surface area contributed by atoms with E-state index in [1.54, 1.807) is 7.11 Å². The highest BCUT2D eigenvalue weighted by Crippen LogP contribution is 2.23. The Morgan fingerprint density at radius 2 is 1.82 bits per heavy atom. The minimum absolute atomic E-state index is 0.187. The molecule has 0 radical (unpaired) electrons. The molecule has 0 aromatic rings. The molecule has 0 aromatic carbocycles. The molecule has 104 valence electrons. The maximum atomic E-state index is 12.0. The van der Waals surface area contributed by atoms with E-state index in [0.29, 0.717) is 13.0 Å². The Hall–Kier alpha value is -0.290. The Labute approximate surface area is 102 Å². The van der Waals surface area contributed by atoms with Crippen molar-refractivity contribution in [3.05, 3.63) is 0 Å². The van der Waals surface area contributed by atoms with Crippen LogP contribution in [0.25, 0.3) is 0 Å². The van der Waals surface area contributed by atoms with Gasteiger partial charge < -0.3 is 10.1 Å². The molecule has 1 atom stereocenters. The quantitative estimate of drug-likeness (QED) is 0.603. The first kappa shape index (κ1) is 16.7. The summed E-state index contributed by atoms with van der Waals surface area (Å²) in [7, 11) is 1.64. The largest absolute Gasteiger partial charge is 0.389 e. The van der Waals surface area contributed by atoms with E-state index >= 15 is 0 Å². The van der Waals surface area contributed by atoms with Gasteiger partial charge in [-0.25, -0.2) is 0 Å². The molecule has 0 aliphatic rings. The first-order chi connectivity index (χ1) is 7.99. The normalized spacial score (nSPS) is 13.9. The van der Waals surface area contributed by atoms with Crippen LogP contribution in [-0.4, -0.2) is 32.5 Å². The molecule has 17 heavy (non-hydrogen) atoms. The molecule has 0 spiro atoms. The number of halogens is 3. The minimum Gasteiger partial charge on any atom is -0.385 e. The number of methoxy groups -OCH3 is 1. The summed E-state index contributed by atoms with van der Waals surface area (Å²) in [5, 5.41) is 3.29. The van der Waals surface area contributed by atoms with Crippen molar-refractivity contribution >= 4 is 0 Å². The lowest BCUT2D eigenvalue weighted by Crippen LogP contribution is -2.30. The van der Waals surface area contributed by atoms with E-state index in [-0.39, 0.29) is 12.5 Å². The molecule has 1 unspecified atom stereocenters. The summed E-state index contributed by atoms with van der Waals surface area (Å²) in [6.07, 6.45) is -1.14. The first-order valence-electron chi connectivity index (χ1n) is 6.28. The third kappa shape index (κ3) is 12.0. The van der Waals surface area contributed by atoms with E-state index < -0.39 is 12.6 Å². The lowest BCUT2D eigenvalue weighted by atomic mass is 10.0. The Kier molecular flexibility index (Phi) is 9.55. The van der Waals surface area contributed by atoms with Gasteiger partial charge in [-0.3, -0.25) is 0 Å². The molecule has 2 nitrogen and oxygen atoms in total.